The molecule has 1 aromatic carbocycles. The number of aromatic nitrogens is 1. The molecule has 0 spiro atoms. The average Bonchev–Trinajstić information content (AvgIpc) is 3.20. The van der Waals surface area contributed by atoms with Crippen LogP contribution in [-0.4, -0.2) is 68.9 Å². The maximum atomic E-state index is 12.1. The van der Waals surface area contributed by atoms with Crippen molar-refractivity contribution in [1.29, 1.82) is 0 Å². The molecule has 2 fully saturated rings. The summed E-state index contributed by atoms with van der Waals surface area (Å²) in [5.41, 5.74) is 2.21. The van der Waals surface area contributed by atoms with Gasteiger partial charge in [0.1, 0.15) is 0 Å². The number of nitrogens with zero attached hydrogens (tertiary/aromatic N) is 3. The maximum absolute atomic E-state index is 12.1. The van der Waals surface area contributed by atoms with Crippen LogP contribution in [0.3, 0.4) is 0 Å². The third-order valence-corrected chi connectivity index (χ3v) is 5.89. The van der Waals surface area contributed by atoms with Gasteiger partial charge in [-0.3, -0.25) is 4.90 Å². The van der Waals surface area contributed by atoms with E-state index < -0.39 is 5.97 Å². The van der Waals surface area contributed by atoms with Gasteiger partial charge in [0, 0.05) is 54.9 Å². The van der Waals surface area contributed by atoms with E-state index in [0.717, 1.165) is 67.0 Å². The first-order chi connectivity index (χ1) is 13.1. The second-order valence-electron chi connectivity index (χ2n) is 7.20. The molecule has 2 saturated heterocycles. The van der Waals surface area contributed by atoms with Gasteiger partial charge in [0.25, 0.3) is 0 Å². The van der Waals surface area contributed by atoms with E-state index in [0.29, 0.717) is 11.6 Å². The van der Waals surface area contributed by atoms with Crippen molar-refractivity contribution in [2.45, 2.75) is 6.42 Å². The molecule has 0 bridgehead atoms. The number of halogens is 1. The zero-order chi connectivity index (χ0) is 18.8. The summed E-state index contributed by atoms with van der Waals surface area (Å²) in [6.45, 7) is 6.80. The molecule has 0 amide bonds. The molecule has 1 atom stereocenters. The molecule has 1 unspecified atom stereocenters. The van der Waals surface area contributed by atoms with Crippen molar-refractivity contribution in [3.63, 3.8) is 0 Å². The van der Waals surface area contributed by atoms with Crippen molar-refractivity contribution in [2.75, 3.05) is 57.9 Å². The van der Waals surface area contributed by atoms with Crippen molar-refractivity contribution in [1.82, 2.24) is 9.88 Å². The summed E-state index contributed by atoms with van der Waals surface area (Å²) < 4.78 is 11.4. The minimum absolute atomic E-state index is 0.354. The van der Waals surface area contributed by atoms with Crippen LogP contribution in [0.15, 0.2) is 28.7 Å². The SMILES string of the molecule is COC(=O)c1cc(N2CCN(CC3CCOC3)CC2)c2cc(Br)ccc2n1. The molecule has 7 heteroatoms. The predicted octanol–water partition coefficient (Wildman–Crippen LogP) is 2.94. The van der Waals surface area contributed by atoms with Crippen LogP contribution < -0.4 is 4.90 Å². The summed E-state index contributed by atoms with van der Waals surface area (Å²) in [5, 5.41) is 1.05. The molecule has 27 heavy (non-hydrogen) atoms. The number of fused-ring (bicyclic) bond motifs is 1. The second-order valence-corrected chi connectivity index (χ2v) is 8.11. The van der Waals surface area contributed by atoms with E-state index in [1.807, 2.05) is 18.2 Å². The largest absolute Gasteiger partial charge is 0.464 e. The van der Waals surface area contributed by atoms with Crippen molar-refractivity contribution >= 4 is 38.5 Å². The monoisotopic (exact) mass is 433 g/mol. The van der Waals surface area contributed by atoms with Gasteiger partial charge in [-0.1, -0.05) is 15.9 Å². The van der Waals surface area contributed by atoms with E-state index in [1.54, 1.807) is 0 Å². The number of methoxy groups -OCH3 is 1. The first-order valence-corrected chi connectivity index (χ1v) is 10.2. The molecule has 2 aromatic rings. The lowest BCUT2D eigenvalue weighted by Crippen LogP contribution is -2.48. The third-order valence-electron chi connectivity index (χ3n) is 5.40. The molecule has 2 aliphatic rings. The topological polar surface area (TPSA) is 54.9 Å². The Bertz CT molecular complexity index is 831. The van der Waals surface area contributed by atoms with Gasteiger partial charge in [-0.05, 0) is 36.6 Å². The normalized spacial score (nSPS) is 21.0. The fourth-order valence-electron chi connectivity index (χ4n) is 3.91. The van der Waals surface area contributed by atoms with Crippen LogP contribution in [0.4, 0.5) is 5.69 Å². The smallest absolute Gasteiger partial charge is 0.356 e. The van der Waals surface area contributed by atoms with Gasteiger partial charge in [0.05, 0.1) is 19.2 Å². The number of carbonyl (C=O) groups excluding carboxylic acids is 1. The van der Waals surface area contributed by atoms with Gasteiger partial charge < -0.3 is 14.4 Å². The zero-order valence-corrected chi connectivity index (χ0v) is 17.1. The Hall–Kier alpha value is -1.70. The minimum Gasteiger partial charge on any atom is -0.464 e. The molecule has 0 aliphatic carbocycles. The standard InChI is InChI=1S/C20H24BrN3O3/c1-26-20(25)18-11-19(16-10-15(21)2-3-17(16)22-18)24-7-5-23(6-8-24)12-14-4-9-27-13-14/h2-3,10-11,14H,4-9,12-13H2,1H3. The van der Waals surface area contributed by atoms with E-state index in [4.69, 9.17) is 9.47 Å². The van der Waals surface area contributed by atoms with E-state index in [9.17, 15) is 4.79 Å². The van der Waals surface area contributed by atoms with Crippen molar-refractivity contribution < 1.29 is 14.3 Å². The molecular formula is C20H24BrN3O3. The maximum Gasteiger partial charge on any atom is 0.356 e. The third kappa shape index (κ3) is 4.10. The highest BCUT2D eigenvalue weighted by Gasteiger charge is 2.24. The van der Waals surface area contributed by atoms with Crippen molar-refractivity contribution in [3.8, 4) is 0 Å². The Morgan fingerprint density at radius 3 is 2.81 bits per heavy atom. The molecule has 0 saturated carbocycles. The van der Waals surface area contributed by atoms with E-state index in [2.05, 4.69) is 36.8 Å². The average molecular weight is 434 g/mol. The highest BCUT2D eigenvalue weighted by atomic mass is 79.9. The predicted molar refractivity (Wildman–Crippen MR) is 108 cm³/mol. The highest BCUT2D eigenvalue weighted by Crippen LogP contribution is 2.30. The van der Waals surface area contributed by atoms with Crippen LogP contribution in [0, 0.1) is 5.92 Å². The van der Waals surface area contributed by atoms with Crippen LogP contribution in [0.25, 0.3) is 10.9 Å². The Labute approximate surface area is 167 Å². The lowest BCUT2D eigenvalue weighted by atomic mass is 10.1. The van der Waals surface area contributed by atoms with Crippen LogP contribution in [0.5, 0.6) is 0 Å². The Morgan fingerprint density at radius 1 is 1.30 bits per heavy atom. The fraction of sp³-hybridized carbons (Fsp3) is 0.500. The lowest BCUT2D eigenvalue weighted by Gasteiger charge is -2.37. The van der Waals surface area contributed by atoms with Crippen LogP contribution in [-0.2, 0) is 9.47 Å². The van der Waals surface area contributed by atoms with Crippen LogP contribution >= 0.6 is 15.9 Å². The quantitative estimate of drug-likeness (QED) is 0.690. The molecule has 0 N–H and O–H groups in total. The Balaban J connectivity index is 1.57. The van der Waals surface area contributed by atoms with Gasteiger partial charge >= 0.3 is 5.97 Å². The Morgan fingerprint density at radius 2 is 2.11 bits per heavy atom. The van der Waals surface area contributed by atoms with Crippen molar-refractivity contribution in [3.05, 3.63) is 34.4 Å². The first-order valence-electron chi connectivity index (χ1n) is 9.37. The summed E-state index contributed by atoms with van der Waals surface area (Å²) in [6.07, 6.45) is 1.17. The van der Waals surface area contributed by atoms with E-state index >= 15 is 0 Å². The number of hydrogen-bond acceptors (Lipinski definition) is 6. The summed E-state index contributed by atoms with van der Waals surface area (Å²) in [7, 11) is 1.39. The molecule has 0 radical (unpaired) electrons. The summed E-state index contributed by atoms with van der Waals surface area (Å²) in [5.74, 6) is 0.265. The molecule has 144 valence electrons. The lowest BCUT2D eigenvalue weighted by molar-refractivity contribution is 0.0594. The highest BCUT2D eigenvalue weighted by molar-refractivity contribution is 9.10. The molecule has 1 aromatic heterocycles. The molecule has 6 nitrogen and oxygen atoms in total. The number of esters is 1. The van der Waals surface area contributed by atoms with Gasteiger partial charge in [-0.25, -0.2) is 9.78 Å². The fourth-order valence-corrected chi connectivity index (χ4v) is 4.28. The minimum atomic E-state index is -0.402. The first kappa shape index (κ1) is 18.7. The number of benzene rings is 1. The second kappa shape index (κ2) is 8.12. The van der Waals surface area contributed by atoms with E-state index in [-0.39, 0.29) is 0 Å². The number of rotatable bonds is 4. The number of ether oxygens (including phenoxy) is 2. The van der Waals surface area contributed by atoms with Gasteiger partial charge in [0.2, 0.25) is 0 Å². The zero-order valence-electron chi connectivity index (χ0n) is 15.5. The number of hydrogen-bond donors (Lipinski definition) is 0. The van der Waals surface area contributed by atoms with Crippen molar-refractivity contribution in [2.24, 2.45) is 5.92 Å². The number of pyridine rings is 1. The van der Waals surface area contributed by atoms with Gasteiger partial charge in [-0.15, -0.1) is 0 Å². The summed E-state index contributed by atoms with van der Waals surface area (Å²) >= 11 is 3.55. The molecule has 4 rings (SSSR count). The number of carbonyl (C=O) groups is 1. The molecule has 3 heterocycles. The Kier molecular flexibility index (Phi) is 5.61. The van der Waals surface area contributed by atoms with Crippen LogP contribution in [0.1, 0.15) is 16.9 Å². The van der Waals surface area contributed by atoms with Gasteiger partial charge in [0.15, 0.2) is 5.69 Å². The molecular weight excluding hydrogens is 410 g/mol. The number of piperazine rings is 1. The molecule has 2 aliphatic heterocycles. The number of anilines is 1. The van der Waals surface area contributed by atoms with Gasteiger partial charge in [-0.2, -0.15) is 0 Å². The summed E-state index contributed by atoms with van der Waals surface area (Å²) in [4.78, 5) is 21.4. The van der Waals surface area contributed by atoms with E-state index in [1.165, 1.54) is 13.5 Å². The van der Waals surface area contributed by atoms with Crippen LogP contribution in [0.2, 0.25) is 0 Å². The summed E-state index contributed by atoms with van der Waals surface area (Å²) in [6, 6.07) is 7.82.